The lowest BCUT2D eigenvalue weighted by molar-refractivity contribution is -0.142. The molecule has 226 valence electrons. The molecule has 0 aliphatic carbocycles. The van der Waals surface area contributed by atoms with Crippen LogP contribution in [0.4, 0.5) is 0 Å². The van der Waals surface area contributed by atoms with Crippen molar-refractivity contribution in [3.8, 4) is 0 Å². The number of rotatable bonds is 31. The molecule has 0 fully saturated rings. The van der Waals surface area contributed by atoms with E-state index >= 15 is 0 Å². The molecule has 0 aromatic heterocycles. The molecule has 0 saturated carbocycles. The van der Waals surface area contributed by atoms with E-state index in [0.29, 0.717) is 11.5 Å². The van der Waals surface area contributed by atoms with Crippen molar-refractivity contribution in [1.29, 1.82) is 0 Å². The van der Waals surface area contributed by atoms with Gasteiger partial charge in [-0.15, -0.1) is 0 Å². The van der Waals surface area contributed by atoms with E-state index in [1.807, 2.05) is 0 Å². The number of hydrogen-bond donors (Lipinski definition) is 2. The molecule has 0 aliphatic rings. The highest BCUT2D eigenvalue weighted by Gasteiger charge is 2.20. The summed E-state index contributed by atoms with van der Waals surface area (Å²) >= 11 is 0. The summed E-state index contributed by atoms with van der Waals surface area (Å²) in [4.78, 5) is 23.3. The predicted octanol–water partition coefficient (Wildman–Crippen LogP) is 11.2. The van der Waals surface area contributed by atoms with E-state index < -0.39 is 11.9 Å². The van der Waals surface area contributed by atoms with Crippen molar-refractivity contribution >= 4 is 33.5 Å². The van der Waals surface area contributed by atoms with Crippen LogP contribution in [0.3, 0.4) is 0 Å². The van der Waals surface area contributed by atoms with Gasteiger partial charge >= 0.3 is 11.9 Å². The first-order valence-electron chi connectivity index (χ1n) is 16.2. The van der Waals surface area contributed by atoms with Gasteiger partial charge in [-0.25, -0.2) is 0 Å². The Balaban J connectivity index is 3.78. The van der Waals surface area contributed by atoms with Crippen LogP contribution < -0.4 is 0 Å². The largest absolute Gasteiger partial charge is 0.481 e. The van der Waals surface area contributed by atoms with E-state index in [-0.39, 0.29) is 11.8 Å². The van der Waals surface area contributed by atoms with Gasteiger partial charge in [-0.1, -0.05) is 177 Å². The highest BCUT2D eigenvalue weighted by Crippen LogP contribution is 2.30. The van der Waals surface area contributed by atoms with E-state index in [1.165, 1.54) is 116 Å². The van der Waals surface area contributed by atoms with Crippen molar-refractivity contribution in [2.75, 3.05) is 11.5 Å². The third kappa shape index (κ3) is 25.9. The van der Waals surface area contributed by atoms with Crippen molar-refractivity contribution in [1.82, 2.24) is 0 Å². The lowest BCUT2D eigenvalue weighted by Crippen LogP contribution is -2.17. The summed E-state index contributed by atoms with van der Waals surface area (Å²) in [6.45, 7) is 4.50. The standard InChI is InChI=1S/C32H62O4S2/c1-3-5-7-9-11-13-15-17-19-21-23-25-29(31(33)34)27-37-38-28-30(32(35)36)26-24-22-20-18-16-14-12-10-8-6-4-2/h29-30H,3-28H2,1-2H3,(H,33,34)(H,35,36). The summed E-state index contributed by atoms with van der Waals surface area (Å²) in [7, 11) is 3.10. The Kier molecular flexibility index (Phi) is 29.3. The number of aliphatic carboxylic acids is 2. The molecule has 2 atom stereocenters. The molecule has 0 aliphatic heterocycles. The highest BCUT2D eigenvalue weighted by atomic mass is 33.1. The van der Waals surface area contributed by atoms with Gasteiger partial charge in [0.1, 0.15) is 0 Å². The van der Waals surface area contributed by atoms with Crippen LogP contribution in [-0.4, -0.2) is 33.7 Å². The Morgan fingerprint density at radius 1 is 0.447 bits per heavy atom. The third-order valence-electron chi connectivity index (χ3n) is 7.63. The summed E-state index contributed by atoms with van der Waals surface area (Å²) in [5.74, 6) is -0.908. The Morgan fingerprint density at radius 2 is 0.684 bits per heavy atom. The fourth-order valence-electron chi connectivity index (χ4n) is 4.93. The summed E-state index contributed by atoms with van der Waals surface area (Å²) < 4.78 is 0. The second kappa shape index (κ2) is 29.6. The van der Waals surface area contributed by atoms with Crippen molar-refractivity contribution in [3.63, 3.8) is 0 Å². The summed E-state index contributed by atoms with van der Waals surface area (Å²) in [6.07, 6.45) is 29.5. The van der Waals surface area contributed by atoms with Gasteiger partial charge in [0.15, 0.2) is 0 Å². The van der Waals surface area contributed by atoms with Gasteiger partial charge < -0.3 is 10.2 Å². The molecule has 0 heterocycles. The van der Waals surface area contributed by atoms with Gasteiger partial charge in [0, 0.05) is 11.5 Å². The minimum absolute atomic E-state index is 0.319. The van der Waals surface area contributed by atoms with Crippen molar-refractivity contribution in [2.24, 2.45) is 11.8 Å². The Bertz CT molecular complexity index is 484. The SMILES string of the molecule is CCCCCCCCCCCCCC(CSSCC(CCCCCCCCCCCCC)C(=O)O)C(=O)O. The van der Waals surface area contributed by atoms with Crippen molar-refractivity contribution in [2.45, 2.75) is 168 Å². The van der Waals surface area contributed by atoms with Gasteiger partial charge in [-0.3, -0.25) is 9.59 Å². The molecule has 0 rings (SSSR count). The number of carboxylic acid groups (broad SMARTS) is 2. The van der Waals surface area contributed by atoms with Crippen LogP contribution >= 0.6 is 21.6 Å². The van der Waals surface area contributed by atoms with Gasteiger partial charge in [0.2, 0.25) is 0 Å². The molecule has 0 aromatic rings. The van der Waals surface area contributed by atoms with E-state index in [0.717, 1.165) is 38.5 Å². The number of unbranched alkanes of at least 4 members (excludes halogenated alkanes) is 20. The Labute approximate surface area is 244 Å². The van der Waals surface area contributed by atoms with Crippen LogP contribution in [0.25, 0.3) is 0 Å². The van der Waals surface area contributed by atoms with Crippen LogP contribution in [0.5, 0.6) is 0 Å². The second-order valence-corrected chi connectivity index (χ2v) is 13.8. The Hall–Kier alpha value is -0.360. The molecule has 0 amide bonds. The molecule has 0 bridgehead atoms. The molecule has 0 saturated heterocycles. The average Bonchev–Trinajstić information content (AvgIpc) is 2.89. The molecular formula is C32H62O4S2. The van der Waals surface area contributed by atoms with Gasteiger partial charge in [-0.05, 0) is 12.8 Å². The fraction of sp³-hybridized carbons (Fsp3) is 0.938. The molecule has 0 spiro atoms. The first kappa shape index (κ1) is 37.6. The van der Waals surface area contributed by atoms with Crippen LogP contribution in [0.2, 0.25) is 0 Å². The minimum atomic E-state index is -0.707. The predicted molar refractivity (Wildman–Crippen MR) is 169 cm³/mol. The van der Waals surface area contributed by atoms with Crippen molar-refractivity contribution in [3.05, 3.63) is 0 Å². The minimum Gasteiger partial charge on any atom is -0.481 e. The lowest BCUT2D eigenvalue weighted by Gasteiger charge is -2.14. The maximum absolute atomic E-state index is 11.7. The van der Waals surface area contributed by atoms with Crippen LogP contribution in [-0.2, 0) is 9.59 Å². The lowest BCUT2D eigenvalue weighted by atomic mass is 10.0. The van der Waals surface area contributed by atoms with E-state index in [1.54, 1.807) is 21.6 Å². The van der Waals surface area contributed by atoms with Crippen LogP contribution in [0.15, 0.2) is 0 Å². The van der Waals surface area contributed by atoms with Crippen LogP contribution in [0, 0.1) is 11.8 Å². The number of carbonyl (C=O) groups is 2. The molecule has 0 radical (unpaired) electrons. The maximum atomic E-state index is 11.7. The average molecular weight is 575 g/mol. The molecular weight excluding hydrogens is 512 g/mol. The summed E-state index contributed by atoms with van der Waals surface area (Å²) in [5.41, 5.74) is 0. The second-order valence-electron chi connectivity index (χ2n) is 11.3. The van der Waals surface area contributed by atoms with E-state index in [9.17, 15) is 19.8 Å². The molecule has 2 N–H and O–H groups in total. The molecule has 6 heteroatoms. The van der Waals surface area contributed by atoms with Gasteiger partial charge in [0.05, 0.1) is 11.8 Å². The van der Waals surface area contributed by atoms with Gasteiger partial charge in [0.25, 0.3) is 0 Å². The zero-order valence-corrected chi connectivity index (χ0v) is 26.7. The van der Waals surface area contributed by atoms with Gasteiger partial charge in [-0.2, -0.15) is 0 Å². The normalized spacial score (nSPS) is 13.0. The molecule has 2 unspecified atom stereocenters. The fourth-order valence-corrected chi connectivity index (χ4v) is 7.63. The molecule has 0 aromatic carbocycles. The smallest absolute Gasteiger partial charge is 0.307 e. The summed E-state index contributed by atoms with van der Waals surface area (Å²) in [6, 6.07) is 0. The first-order valence-corrected chi connectivity index (χ1v) is 18.7. The van der Waals surface area contributed by atoms with Crippen molar-refractivity contribution < 1.29 is 19.8 Å². The summed E-state index contributed by atoms with van der Waals surface area (Å²) in [5, 5.41) is 19.2. The monoisotopic (exact) mass is 574 g/mol. The van der Waals surface area contributed by atoms with E-state index in [2.05, 4.69) is 13.8 Å². The quantitative estimate of drug-likeness (QED) is 0.0633. The van der Waals surface area contributed by atoms with Crippen LogP contribution in [0.1, 0.15) is 168 Å². The molecule has 38 heavy (non-hydrogen) atoms. The van der Waals surface area contributed by atoms with E-state index in [4.69, 9.17) is 0 Å². The topological polar surface area (TPSA) is 74.6 Å². The maximum Gasteiger partial charge on any atom is 0.307 e. The highest BCUT2D eigenvalue weighted by molar-refractivity contribution is 8.76. The first-order chi connectivity index (χ1) is 18.5. The number of hydrogen-bond acceptors (Lipinski definition) is 4. The third-order valence-corrected chi connectivity index (χ3v) is 10.2. The molecule has 4 nitrogen and oxygen atoms in total. The number of carboxylic acids is 2. The Morgan fingerprint density at radius 3 is 0.921 bits per heavy atom. The zero-order chi connectivity index (χ0) is 28.1. The zero-order valence-electron chi connectivity index (χ0n) is 25.1.